The third kappa shape index (κ3) is 2.82. The van der Waals surface area contributed by atoms with Gasteiger partial charge in [-0.25, -0.2) is 8.78 Å². The number of nitrogens with one attached hydrogen (secondary N) is 1. The van der Waals surface area contributed by atoms with E-state index in [-0.39, 0.29) is 17.7 Å². The first kappa shape index (κ1) is 13.1. The Balaban J connectivity index is 1.88. The second-order valence-corrected chi connectivity index (χ2v) is 5.47. The molecule has 1 aliphatic carbocycles. The molecule has 1 N–H and O–H groups in total. The Morgan fingerprint density at radius 2 is 1.65 bits per heavy atom. The molecule has 3 rings (SSSR count). The Kier molecular flexibility index (Phi) is 3.43. The Morgan fingerprint density at radius 3 is 2.30 bits per heavy atom. The van der Waals surface area contributed by atoms with Crippen LogP contribution >= 0.6 is 0 Å². The van der Waals surface area contributed by atoms with Crippen molar-refractivity contribution < 1.29 is 8.78 Å². The maximum Gasteiger partial charge on any atom is 0.125 e. The average Bonchev–Trinajstić information content (AvgIpc) is 3.25. The first-order chi connectivity index (χ1) is 9.63. The van der Waals surface area contributed by atoms with E-state index in [1.54, 1.807) is 18.2 Å². The summed E-state index contributed by atoms with van der Waals surface area (Å²) in [6, 6.07) is 11.4. The number of hydrogen-bond acceptors (Lipinski definition) is 1. The van der Waals surface area contributed by atoms with Crippen molar-refractivity contribution in [1.82, 2.24) is 0 Å². The molecule has 0 aromatic heterocycles. The fraction of sp³-hybridized carbons (Fsp3) is 0.294. The van der Waals surface area contributed by atoms with Gasteiger partial charge in [0.25, 0.3) is 0 Å². The van der Waals surface area contributed by atoms with Gasteiger partial charge >= 0.3 is 0 Å². The maximum atomic E-state index is 13.4. The largest absolute Gasteiger partial charge is 0.378 e. The van der Waals surface area contributed by atoms with Crippen LogP contribution in [0.1, 0.15) is 30.0 Å². The predicted molar refractivity (Wildman–Crippen MR) is 76.6 cm³/mol. The van der Waals surface area contributed by atoms with Crippen LogP contribution in [0.15, 0.2) is 42.5 Å². The molecule has 2 aromatic rings. The molecular formula is C17H17F2N. The van der Waals surface area contributed by atoms with Crippen LogP contribution in [0.3, 0.4) is 0 Å². The monoisotopic (exact) mass is 273 g/mol. The van der Waals surface area contributed by atoms with Crippen LogP contribution in [0.4, 0.5) is 14.5 Å². The van der Waals surface area contributed by atoms with E-state index in [4.69, 9.17) is 0 Å². The van der Waals surface area contributed by atoms with Crippen molar-refractivity contribution in [3.8, 4) is 0 Å². The second-order valence-electron chi connectivity index (χ2n) is 5.47. The zero-order chi connectivity index (χ0) is 14.1. The van der Waals surface area contributed by atoms with Crippen molar-refractivity contribution >= 4 is 5.69 Å². The van der Waals surface area contributed by atoms with Crippen molar-refractivity contribution in [3.05, 3.63) is 65.2 Å². The van der Waals surface area contributed by atoms with Crippen LogP contribution in [0, 0.1) is 24.5 Å². The first-order valence-corrected chi connectivity index (χ1v) is 6.91. The fourth-order valence-corrected chi connectivity index (χ4v) is 2.49. The molecule has 0 aliphatic heterocycles. The molecule has 0 radical (unpaired) electrons. The van der Waals surface area contributed by atoms with Crippen LogP contribution in [0.5, 0.6) is 0 Å². The van der Waals surface area contributed by atoms with Crippen molar-refractivity contribution in [2.45, 2.75) is 25.8 Å². The van der Waals surface area contributed by atoms with Crippen molar-refractivity contribution in [1.29, 1.82) is 0 Å². The molecule has 0 spiro atoms. The molecule has 20 heavy (non-hydrogen) atoms. The lowest BCUT2D eigenvalue weighted by atomic mass is 10.0. The standard InChI is InChI=1S/C17H17F2N/c1-11-2-7-15(19)10-16(11)20-17(12-3-4-12)13-5-8-14(18)9-6-13/h2,5-10,12,17,20H,3-4H2,1H3. The SMILES string of the molecule is Cc1ccc(F)cc1NC(c1ccc(F)cc1)C1CC1. The topological polar surface area (TPSA) is 12.0 Å². The molecule has 0 bridgehead atoms. The van der Waals surface area contributed by atoms with Gasteiger partial charge in [-0.3, -0.25) is 0 Å². The second kappa shape index (κ2) is 5.23. The number of halogens is 2. The molecule has 0 amide bonds. The molecule has 1 fully saturated rings. The Morgan fingerprint density at radius 1 is 1.00 bits per heavy atom. The number of aryl methyl sites for hydroxylation is 1. The number of benzene rings is 2. The van der Waals surface area contributed by atoms with Gasteiger partial charge in [0.05, 0.1) is 6.04 Å². The molecule has 3 heteroatoms. The molecule has 1 atom stereocenters. The minimum atomic E-state index is -0.244. The number of hydrogen-bond donors (Lipinski definition) is 1. The summed E-state index contributed by atoms with van der Waals surface area (Å²) < 4.78 is 26.4. The highest BCUT2D eigenvalue weighted by atomic mass is 19.1. The third-order valence-electron chi connectivity index (χ3n) is 3.83. The van der Waals surface area contributed by atoms with Crippen LogP contribution < -0.4 is 5.32 Å². The molecule has 2 aromatic carbocycles. The van der Waals surface area contributed by atoms with E-state index in [2.05, 4.69) is 5.32 Å². The summed E-state index contributed by atoms with van der Waals surface area (Å²) in [5.74, 6) is 0.0696. The minimum absolute atomic E-state index is 0.121. The average molecular weight is 273 g/mol. The summed E-state index contributed by atoms with van der Waals surface area (Å²) in [5, 5.41) is 3.42. The normalized spacial score (nSPS) is 15.9. The van der Waals surface area contributed by atoms with Gasteiger partial charge in [0.2, 0.25) is 0 Å². The molecule has 0 heterocycles. The molecular weight excluding hydrogens is 256 g/mol. The summed E-state index contributed by atoms with van der Waals surface area (Å²) in [6.07, 6.45) is 2.31. The van der Waals surface area contributed by atoms with Crippen LogP contribution in [-0.2, 0) is 0 Å². The van der Waals surface area contributed by atoms with Crippen LogP contribution in [0.25, 0.3) is 0 Å². The summed E-state index contributed by atoms with van der Waals surface area (Å²) in [6.45, 7) is 1.95. The highest BCUT2D eigenvalue weighted by Crippen LogP contribution is 2.43. The zero-order valence-corrected chi connectivity index (χ0v) is 11.4. The Labute approximate surface area is 117 Å². The highest BCUT2D eigenvalue weighted by molar-refractivity contribution is 5.52. The van der Waals surface area contributed by atoms with E-state index in [1.165, 1.54) is 24.3 Å². The maximum absolute atomic E-state index is 13.4. The molecule has 1 aliphatic rings. The zero-order valence-electron chi connectivity index (χ0n) is 11.4. The quantitative estimate of drug-likeness (QED) is 0.840. The Hall–Kier alpha value is -1.90. The van der Waals surface area contributed by atoms with Gasteiger partial charge in [0, 0.05) is 5.69 Å². The first-order valence-electron chi connectivity index (χ1n) is 6.91. The van der Waals surface area contributed by atoms with Crippen LogP contribution in [0.2, 0.25) is 0 Å². The van der Waals surface area contributed by atoms with Gasteiger partial charge in [-0.2, -0.15) is 0 Å². The van der Waals surface area contributed by atoms with Crippen molar-refractivity contribution in [2.24, 2.45) is 5.92 Å². The van der Waals surface area contributed by atoms with Gasteiger partial charge in [-0.15, -0.1) is 0 Å². The van der Waals surface area contributed by atoms with Crippen molar-refractivity contribution in [3.63, 3.8) is 0 Å². The Bertz CT molecular complexity index is 603. The van der Waals surface area contributed by atoms with Gasteiger partial charge < -0.3 is 5.32 Å². The molecule has 1 nitrogen and oxygen atoms in total. The van der Waals surface area contributed by atoms with Crippen LogP contribution in [-0.4, -0.2) is 0 Å². The van der Waals surface area contributed by atoms with Gasteiger partial charge in [0.1, 0.15) is 11.6 Å². The fourth-order valence-electron chi connectivity index (χ4n) is 2.49. The van der Waals surface area contributed by atoms with Gasteiger partial charge in [-0.1, -0.05) is 18.2 Å². The summed E-state index contributed by atoms with van der Waals surface area (Å²) in [4.78, 5) is 0. The van der Waals surface area contributed by atoms with E-state index in [0.29, 0.717) is 5.92 Å². The smallest absolute Gasteiger partial charge is 0.125 e. The third-order valence-corrected chi connectivity index (χ3v) is 3.83. The summed E-state index contributed by atoms with van der Waals surface area (Å²) in [7, 11) is 0. The van der Waals surface area contributed by atoms with E-state index < -0.39 is 0 Å². The number of anilines is 1. The minimum Gasteiger partial charge on any atom is -0.378 e. The summed E-state index contributed by atoms with van der Waals surface area (Å²) >= 11 is 0. The molecule has 104 valence electrons. The summed E-state index contributed by atoms with van der Waals surface area (Å²) in [5.41, 5.74) is 2.88. The lowest BCUT2D eigenvalue weighted by Gasteiger charge is -2.21. The van der Waals surface area contributed by atoms with Gasteiger partial charge in [0.15, 0.2) is 0 Å². The molecule has 0 saturated heterocycles. The van der Waals surface area contributed by atoms with E-state index in [9.17, 15) is 8.78 Å². The van der Waals surface area contributed by atoms with E-state index in [0.717, 1.165) is 29.7 Å². The van der Waals surface area contributed by atoms with E-state index >= 15 is 0 Å². The molecule has 1 unspecified atom stereocenters. The van der Waals surface area contributed by atoms with Crippen molar-refractivity contribution in [2.75, 3.05) is 5.32 Å². The van der Waals surface area contributed by atoms with Gasteiger partial charge in [-0.05, 0) is 61.1 Å². The lowest BCUT2D eigenvalue weighted by molar-refractivity contribution is 0.620. The lowest BCUT2D eigenvalue weighted by Crippen LogP contribution is -2.13. The molecule has 1 saturated carbocycles. The van der Waals surface area contributed by atoms with E-state index in [1.807, 2.05) is 6.92 Å². The highest BCUT2D eigenvalue weighted by Gasteiger charge is 2.32. The number of rotatable bonds is 4. The predicted octanol–water partition coefficient (Wildman–Crippen LogP) is 4.84.